The summed E-state index contributed by atoms with van der Waals surface area (Å²) in [6, 6.07) is 13.7. The van der Waals surface area contributed by atoms with Crippen molar-refractivity contribution in [3.63, 3.8) is 0 Å². The molecule has 1 aromatic carbocycles. The van der Waals surface area contributed by atoms with Crippen LogP contribution in [0.1, 0.15) is 20.8 Å². The van der Waals surface area contributed by atoms with Crippen molar-refractivity contribution in [1.29, 1.82) is 0 Å². The third-order valence-corrected chi connectivity index (χ3v) is 6.51. The second-order valence-electron chi connectivity index (χ2n) is 7.77. The third kappa shape index (κ3) is 5.26. The van der Waals surface area contributed by atoms with E-state index in [-0.39, 0.29) is 5.56 Å². The largest absolute Gasteiger partial charge is 0.492 e. The highest BCUT2D eigenvalue weighted by molar-refractivity contribution is 7.08. The van der Waals surface area contributed by atoms with Crippen LogP contribution >= 0.6 is 11.3 Å². The number of anilines is 2. The highest BCUT2D eigenvalue weighted by Crippen LogP contribution is 2.25. The van der Waals surface area contributed by atoms with E-state index in [1.807, 2.05) is 70.9 Å². The van der Waals surface area contributed by atoms with Crippen molar-refractivity contribution in [3.05, 3.63) is 69.8 Å². The van der Waals surface area contributed by atoms with Gasteiger partial charge in [0.15, 0.2) is 0 Å². The fraction of sp³-hybridized carbons (Fsp3) is 0.308. The normalized spacial score (nSPS) is 11.3. The van der Waals surface area contributed by atoms with Crippen LogP contribution in [-0.4, -0.2) is 40.7 Å². The Bertz CT molecular complexity index is 1250. The van der Waals surface area contributed by atoms with E-state index in [1.165, 1.54) is 0 Å². The van der Waals surface area contributed by atoms with Gasteiger partial charge in [0.05, 0.1) is 5.52 Å². The SMILES string of the molecule is CCN(CC)CCOc1ccc(Nc2cc3c(cn2)cc(-c2ccsc2)c(=O)n3CC)cc1. The van der Waals surface area contributed by atoms with Crippen LogP contribution in [0, 0.1) is 0 Å². The fourth-order valence-corrected chi connectivity index (χ4v) is 4.55. The summed E-state index contributed by atoms with van der Waals surface area (Å²) in [5.74, 6) is 1.54. The van der Waals surface area contributed by atoms with Gasteiger partial charge in [0.25, 0.3) is 5.56 Å². The van der Waals surface area contributed by atoms with Crippen LogP contribution in [0.4, 0.5) is 11.5 Å². The molecule has 0 aliphatic rings. The Hall–Kier alpha value is -3.16. The summed E-state index contributed by atoms with van der Waals surface area (Å²) in [6.45, 7) is 10.6. The molecular formula is C26H30N4O2S. The van der Waals surface area contributed by atoms with Crippen molar-refractivity contribution in [2.45, 2.75) is 27.3 Å². The van der Waals surface area contributed by atoms with Gasteiger partial charge in [0.2, 0.25) is 0 Å². The average Bonchev–Trinajstić information content (AvgIpc) is 3.37. The van der Waals surface area contributed by atoms with Gasteiger partial charge in [-0.05, 0) is 72.7 Å². The van der Waals surface area contributed by atoms with E-state index in [0.717, 1.165) is 47.5 Å². The maximum Gasteiger partial charge on any atom is 0.258 e. The van der Waals surface area contributed by atoms with E-state index in [9.17, 15) is 4.79 Å². The third-order valence-electron chi connectivity index (χ3n) is 5.82. The number of nitrogens with zero attached hydrogens (tertiary/aromatic N) is 3. The van der Waals surface area contributed by atoms with Gasteiger partial charge >= 0.3 is 0 Å². The molecule has 6 nitrogen and oxygen atoms in total. The van der Waals surface area contributed by atoms with Crippen LogP contribution in [0.2, 0.25) is 0 Å². The zero-order valence-corrected chi connectivity index (χ0v) is 20.2. The second-order valence-corrected chi connectivity index (χ2v) is 8.55. The number of ether oxygens (including phenoxy) is 1. The van der Waals surface area contributed by atoms with Crippen molar-refractivity contribution >= 4 is 33.7 Å². The molecular weight excluding hydrogens is 432 g/mol. The molecule has 0 atom stereocenters. The van der Waals surface area contributed by atoms with Crippen LogP contribution in [0.15, 0.2) is 64.2 Å². The number of hydrogen-bond donors (Lipinski definition) is 1. The Labute approximate surface area is 198 Å². The number of hydrogen-bond acceptors (Lipinski definition) is 6. The monoisotopic (exact) mass is 462 g/mol. The number of benzene rings is 1. The second kappa shape index (κ2) is 10.6. The average molecular weight is 463 g/mol. The minimum absolute atomic E-state index is 0.0202. The number of nitrogens with one attached hydrogen (secondary N) is 1. The van der Waals surface area contributed by atoms with Crippen LogP contribution in [0.3, 0.4) is 0 Å². The number of fused-ring (bicyclic) bond motifs is 1. The smallest absolute Gasteiger partial charge is 0.258 e. The van der Waals surface area contributed by atoms with Gasteiger partial charge in [-0.2, -0.15) is 11.3 Å². The zero-order chi connectivity index (χ0) is 23.2. The Balaban J connectivity index is 1.51. The first kappa shape index (κ1) is 23.0. The number of rotatable bonds is 10. The first-order valence-corrected chi connectivity index (χ1v) is 12.4. The van der Waals surface area contributed by atoms with E-state index in [4.69, 9.17) is 4.74 Å². The first-order chi connectivity index (χ1) is 16.1. The molecule has 0 bridgehead atoms. The number of likely N-dealkylation sites (N-methyl/N-ethyl adjacent to an activating group) is 1. The maximum atomic E-state index is 13.1. The van der Waals surface area contributed by atoms with Crippen LogP contribution in [0.25, 0.3) is 22.0 Å². The van der Waals surface area contributed by atoms with Crippen LogP contribution in [0.5, 0.6) is 5.75 Å². The van der Waals surface area contributed by atoms with Crippen LogP contribution in [-0.2, 0) is 6.54 Å². The minimum Gasteiger partial charge on any atom is -0.492 e. The van der Waals surface area contributed by atoms with Gasteiger partial charge in [-0.25, -0.2) is 4.98 Å². The van der Waals surface area contributed by atoms with Gasteiger partial charge in [-0.15, -0.1) is 0 Å². The predicted octanol–water partition coefficient (Wildman–Crippen LogP) is 5.61. The molecule has 172 valence electrons. The Morgan fingerprint density at radius 1 is 1.09 bits per heavy atom. The highest BCUT2D eigenvalue weighted by atomic mass is 32.1. The van der Waals surface area contributed by atoms with Gasteiger partial charge < -0.3 is 19.5 Å². The van der Waals surface area contributed by atoms with Gasteiger partial charge in [0, 0.05) is 42.0 Å². The van der Waals surface area contributed by atoms with Crippen LogP contribution < -0.4 is 15.6 Å². The Morgan fingerprint density at radius 2 is 1.88 bits per heavy atom. The van der Waals surface area contributed by atoms with E-state index < -0.39 is 0 Å². The molecule has 0 aliphatic carbocycles. The van der Waals surface area contributed by atoms with Gasteiger partial charge in [0.1, 0.15) is 18.2 Å². The highest BCUT2D eigenvalue weighted by Gasteiger charge is 2.12. The minimum atomic E-state index is 0.0202. The van der Waals surface area contributed by atoms with E-state index in [0.29, 0.717) is 24.5 Å². The molecule has 1 N–H and O–H groups in total. The molecule has 3 heterocycles. The summed E-state index contributed by atoms with van der Waals surface area (Å²) in [5, 5.41) is 8.28. The zero-order valence-electron chi connectivity index (χ0n) is 19.4. The fourth-order valence-electron chi connectivity index (χ4n) is 3.89. The Kier molecular flexibility index (Phi) is 7.42. The number of aromatic nitrogens is 2. The van der Waals surface area contributed by atoms with Crippen molar-refractivity contribution in [1.82, 2.24) is 14.5 Å². The molecule has 0 fully saturated rings. The van der Waals surface area contributed by atoms with E-state index in [1.54, 1.807) is 11.3 Å². The lowest BCUT2D eigenvalue weighted by atomic mass is 10.1. The molecule has 4 aromatic rings. The van der Waals surface area contributed by atoms with Crippen molar-refractivity contribution in [3.8, 4) is 16.9 Å². The summed E-state index contributed by atoms with van der Waals surface area (Å²) >= 11 is 1.59. The molecule has 0 saturated heterocycles. The predicted molar refractivity (Wildman–Crippen MR) is 138 cm³/mol. The lowest BCUT2D eigenvalue weighted by Crippen LogP contribution is -2.27. The topological polar surface area (TPSA) is 59.4 Å². The summed E-state index contributed by atoms with van der Waals surface area (Å²) in [5.41, 5.74) is 3.47. The molecule has 0 spiro atoms. The summed E-state index contributed by atoms with van der Waals surface area (Å²) in [4.78, 5) is 20.0. The van der Waals surface area contributed by atoms with Gasteiger partial charge in [-0.3, -0.25) is 4.79 Å². The summed E-state index contributed by atoms with van der Waals surface area (Å²) < 4.78 is 7.67. The quantitative estimate of drug-likeness (QED) is 0.332. The number of pyridine rings is 2. The molecule has 0 amide bonds. The summed E-state index contributed by atoms with van der Waals surface area (Å²) in [6.07, 6.45) is 1.82. The van der Waals surface area contributed by atoms with Crippen molar-refractivity contribution in [2.24, 2.45) is 0 Å². The van der Waals surface area contributed by atoms with Crippen molar-refractivity contribution < 1.29 is 4.74 Å². The summed E-state index contributed by atoms with van der Waals surface area (Å²) in [7, 11) is 0. The number of thiophene rings is 1. The molecule has 3 aromatic heterocycles. The standard InChI is InChI=1S/C26H30N4O2S/c1-4-29(5-2)12-13-32-22-9-7-21(8-10-22)28-25-16-24-20(17-27-25)15-23(19-11-14-33-18-19)26(31)30(24)6-3/h7-11,14-18H,4-6,12-13H2,1-3H3,(H,27,28). The molecule has 7 heteroatoms. The lowest BCUT2D eigenvalue weighted by Gasteiger charge is -2.18. The molecule has 4 rings (SSSR count). The number of aryl methyl sites for hydroxylation is 1. The maximum absolute atomic E-state index is 13.1. The van der Waals surface area contributed by atoms with E-state index >= 15 is 0 Å². The first-order valence-electron chi connectivity index (χ1n) is 11.4. The molecule has 33 heavy (non-hydrogen) atoms. The van der Waals surface area contributed by atoms with E-state index in [2.05, 4.69) is 29.0 Å². The molecule has 0 radical (unpaired) electrons. The molecule has 0 saturated carbocycles. The van der Waals surface area contributed by atoms with Crippen molar-refractivity contribution in [2.75, 3.05) is 31.6 Å². The van der Waals surface area contributed by atoms with Gasteiger partial charge in [-0.1, -0.05) is 13.8 Å². The molecule has 0 unspecified atom stereocenters. The lowest BCUT2D eigenvalue weighted by molar-refractivity contribution is 0.223. The molecule has 0 aliphatic heterocycles. The Morgan fingerprint density at radius 3 is 2.55 bits per heavy atom.